The van der Waals surface area contributed by atoms with Crippen molar-refractivity contribution in [1.29, 1.82) is 10.5 Å². The van der Waals surface area contributed by atoms with Gasteiger partial charge in [0.25, 0.3) is 0 Å². The van der Waals surface area contributed by atoms with Crippen LogP contribution in [0, 0.1) is 50.4 Å². The molecule has 0 saturated heterocycles. The summed E-state index contributed by atoms with van der Waals surface area (Å²) < 4.78 is 64.4. The number of hydrogen-bond donors (Lipinski definition) is 4. The number of pyridine rings is 3. The molecule has 3 aromatic heterocycles. The van der Waals surface area contributed by atoms with Gasteiger partial charge < -0.3 is 32.5 Å². The molecular weight excluding hydrogens is 1020 g/mol. The normalized spacial score (nSPS) is 11.4. The standard InChI is InChI=1S/C21H28N4O4S2.C16H19N3S.C12H19N3O4S.ClH/c1-14-10-17-18(11-15(14)2)23-13-16(12-22)19(17)30-9-7-6-8-24-31(27,28)25-20(26)29-21(3,4)5;1-11-7-14-15(8-12(11)2)19-10-13(9-18)16(14)20-6-4-3-5-17;1-12(2,3)19-11(16)13-20(17,18)15-8-6-10(7-9-15)14(4)5;/h10-11,13,24H,6-9H2,1-5H3,(H,25,26);7-8,10H,3-6,17H2,1-2H3;6-9H,1-5H3;1H. The Kier molecular flexibility index (Phi) is 24.5. The van der Waals surface area contributed by atoms with Crippen molar-refractivity contribution in [3.8, 4) is 12.1 Å². The topological polar surface area (TPSA) is 263 Å². The lowest BCUT2D eigenvalue weighted by atomic mass is 10.1. The highest BCUT2D eigenvalue weighted by Crippen LogP contribution is 2.33. The van der Waals surface area contributed by atoms with E-state index in [0.29, 0.717) is 23.3 Å². The van der Waals surface area contributed by atoms with Crippen molar-refractivity contribution < 1.29 is 52.3 Å². The molecule has 0 aliphatic rings. The molecule has 5 rings (SSSR count). The number of fused-ring (bicyclic) bond motifs is 2. The summed E-state index contributed by atoms with van der Waals surface area (Å²) in [5.41, 5.74) is 12.6. The second kappa shape index (κ2) is 28.1. The Bertz CT molecular complexity index is 2970. The van der Waals surface area contributed by atoms with E-state index in [4.69, 9.17) is 15.2 Å². The van der Waals surface area contributed by atoms with Crippen molar-refractivity contribution >= 4 is 83.6 Å². The molecule has 2 amide bonds. The molecule has 0 unspecified atom stereocenters. The van der Waals surface area contributed by atoms with Crippen LogP contribution < -0.4 is 41.2 Å². The number of anilines is 1. The number of carbonyl (C=O) groups excluding carboxylic acids is 2. The molecule has 0 aliphatic heterocycles. The number of amides is 2. The van der Waals surface area contributed by atoms with E-state index in [2.05, 4.69) is 58.9 Å². The van der Waals surface area contributed by atoms with Gasteiger partial charge in [-0.3, -0.25) is 9.97 Å². The molecule has 0 fully saturated rings. The first kappa shape index (κ1) is 62.7. The van der Waals surface area contributed by atoms with Crippen molar-refractivity contribution in [1.82, 2.24) is 24.1 Å². The third-order valence-electron chi connectivity index (χ3n) is 9.87. The van der Waals surface area contributed by atoms with Crippen LogP contribution in [0.5, 0.6) is 0 Å². The molecular formula is C49H67ClN10O8S4. The number of carbonyl (C=O) groups is 2. The number of ether oxygens (including phenoxy) is 2. The third kappa shape index (κ3) is 20.6. The number of nitriles is 2. The maximum Gasteiger partial charge on any atom is 0.474 e. The number of unbranched alkanes of at least 4 members (excludes halogenated alkanes) is 2. The van der Waals surface area contributed by atoms with Crippen molar-refractivity contribution in [2.24, 2.45) is 5.73 Å². The fourth-order valence-electron chi connectivity index (χ4n) is 6.12. The quantitative estimate of drug-likeness (QED) is 0.0564. The zero-order chi connectivity index (χ0) is 53.3. The van der Waals surface area contributed by atoms with Gasteiger partial charge in [-0.2, -0.15) is 28.4 Å². The van der Waals surface area contributed by atoms with Gasteiger partial charge in [0.2, 0.25) is 0 Å². The summed E-state index contributed by atoms with van der Waals surface area (Å²) in [5.74, 6) is 1.69. The Balaban J connectivity index is 0.000000382. The van der Waals surface area contributed by atoms with E-state index in [1.807, 2.05) is 48.4 Å². The lowest BCUT2D eigenvalue weighted by molar-refractivity contribution is -0.512. The predicted octanol–water partition coefficient (Wildman–Crippen LogP) is 5.17. The minimum atomic E-state index is -4.00. The SMILES string of the molecule is CN(C)c1cc[n+](S(=O)(=O)NC(=O)OC(C)(C)C)cc1.Cc1cc2ncc(C#N)c(SCCCCN)c2cc1C.Cc1cc2ncc(C#N)c(SCCCCNS(=O)(=O)NC(=O)OC(C)(C)C)c2cc1C.[Cl-]. The molecule has 0 bridgehead atoms. The van der Waals surface area contributed by atoms with E-state index in [0.717, 1.165) is 83.9 Å². The van der Waals surface area contributed by atoms with Crippen LogP contribution in [-0.4, -0.2) is 88.9 Å². The van der Waals surface area contributed by atoms with E-state index in [9.17, 15) is 36.9 Å². The number of nitrogens with one attached hydrogen (secondary N) is 3. The van der Waals surface area contributed by atoms with Gasteiger partial charge in [0.1, 0.15) is 23.3 Å². The molecule has 0 radical (unpaired) electrons. The molecule has 5 N–H and O–H groups in total. The number of aryl methyl sites for hydroxylation is 4. The number of rotatable bonds is 16. The third-order valence-corrected chi connectivity index (χ3v) is 14.6. The smallest absolute Gasteiger partial charge is 0.474 e. The summed E-state index contributed by atoms with van der Waals surface area (Å²) in [5, 5.41) is 20.8. The molecule has 23 heteroatoms. The number of aromatic nitrogens is 3. The summed E-state index contributed by atoms with van der Waals surface area (Å²) in [6, 6.07) is 16.0. The number of halogens is 1. The van der Waals surface area contributed by atoms with Gasteiger partial charge in [-0.25, -0.2) is 14.3 Å². The Hall–Kier alpha value is -5.46. The van der Waals surface area contributed by atoms with E-state index < -0.39 is 43.8 Å². The molecule has 3 heterocycles. The van der Waals surface area contributed by atoms with Crippen LogP contribution in [0.2, 0.25) is 0 Å². The first-order chi connectivity index (χ1) is 33.1. The molecule has 2 aromatic carbocycles. The van der Waals surface area contributed by atoms with Gasteiger partial charge in [0.15, 0.2) is 12.4 Å². The largest absolute Gasteiger partial charge is 1.00 e. The highest BCUT2D eigenvalue weighted by atomic mass is 35.5. The fourth-order valence-corrected chi connectivity index (χ4v) is 9.92. The lowest BCUT2D eigenvalue weighted by Gasteiger charge is -2.19. The summed E-state index contributed by atoms with van der Waals surface area (Å²) in [6.45, 7) is 19.0. The van der Waals surface area contributed by atoms with Crippen LogP contribution in [0.1, 0.15) is 101 Å². The van der Waals surface area contributed by atoms with Crippen molar-refractivity contribution in [2.75, 3.05) is 43.6 Å². The number of nitrogens with zero attached hydrogens (tertiary/aromatic N) is 6. The Morgan fingerprint density at radius 2 is 1.12 bits per heavy atom. The number of nitrogens with two attached hydrogens (primary N) is 1. The minimum Gasteiger partial charge on any atom is -1.00 e. The van der Waals surface area contributed by atoms with Crippen molar-refractivity contribution in [3.63, 3.8) is 0 Å². The molecule has 5 aromatic rings. The molecule has 0 saturated carbocycles. The van der Waals surface area contributed by atoms with Crippen molar-refractivity contribution in [3.05, 3.63) is 94.6 Å². The van der Waals surface area contributed by atoms with Crippen LogP contribution in [0.3, 0.4) is 0 Å². The highest BCUT2D eigenvalue weighted by Gasteiger charge is 2.28. The van der Waals surface area contributed by atoms with Crippen LogP contribution in [0.15, 0.2) is 71.0 Å². The first-order valence-corrected chi connectivity index (χ1v) is 27.5. The summed E-state index contributed by atoms with van der Waals surface area (Å²) in [7, 11) is -4.29. The van der Waals surface area contributed by atoms with E-state index in [1.165, 1.54) is 23.5 Å². The van der Waals surface area contributed by atoms with Gasteiger partial charge in [-0.05, 0) is 159 Å². The molecule has 72 heavy (non-hydrogen) atoms. The van der Waals surface area contributed by atoms with Gasteiger partial charge in [0, 0.05) is 71.4 Å². The number of hydrogen-bond acceptors (Lipinski definition) is 16. The average Bonchev–Trinajstić information content (AvgIpc) is 3.26. The molecule has 18 nitrogen and oxygen atoms in total. The maximum absolute atomic E-state index is 11.9. The van der Waals surface area contributed by atoms with Crippen LogP contribution >= 0.6 is 23.5 Å². The Labute approximate surface area is 440 Å². The van der Waals surface area contributed by atoms with Gasteiger partial charge >= 0.3 is 32.6 Å². The second-order valence-corrected chi connectivity index (χ2v) is 23.7. The number of benzene rings is 2. The van der Waals surface area contributed by atoms with Gasteiger partial charge in [-0.15, -0.1) is 31.9 Å². The average molecular weight is 1090 g/mol. The Morgan fingerprint density at radius 3 is 1.53 bits per heavy atom. The zero-order valence-corrected chi connectivity index (χ0v) is 47.0. The molecule has 0 aliphatic carbocycles. The van der Waals surface area contributed by atoms with E-state index in [-0.39, 0.29) is 19.0 Å². The van der Waals surface area contributed by atoms with Gasteiger partial charge in [-0.1, -0.05) is 3.97 Å². The van der Waals surface area contributed by atoms with E-state index in [1.54, 1.807) is 89.6 Å². The van der Waals surface area contributed by atoms with Gasteiger partial charge in [0.05, 0.1) is 22.2 Å². The first-order valence-electron chi connectivity index (χ1n) is 22.6. The van der Waals surface area contributed by atoms with E-state index >= 15 is 0 Å². The van der Waals surface area contributed by atoms with Crippen molar-refractivity contribution in [2.45, 2.75) is 116 Å². The molecule has 392 valence electrons. The highest BCUT2D eigenvalue weighted by molar-refractivity contribution is 7.99. The van der Waals surface area contributed by atoms with Crippen LogP contribution in [0.4, 0.5) is 15.3 Å². The predicted molar refractivity (Wildman–Crippen MR) is 282 cm³/mol. The monoisotopic (exact) mass is 1090 g/mol. The lowest BCUT2D eigenvalue weighted by Crippen LogP contribution is -3.00. The molecule has 0 atom stereocenters. The number of thioether (sulfide) groups is 2. The fraction of sp³-hybridized carbons (Fsp3) is 0.449. The second-order valence-electron chi connectivity index (χ2n) is 18.4. The zero-order valence-electron chi connectivity index (χ0n) is 43.0. The van der Waals surface area contributed by atoms with Crippen LogP contribution in [0.25, 0.3) is 21.8 Å². The van der Waals surface area contributed by atoms with Crippen LogP contribution in [-0.2, 0) is 29.9 Å². The maximum atomic E-state index is 11.9. The Morgan fingerprint density at radius 1 is 0.708 bits per heavy atom. The summed E-state index contributed by atoms with van der Waals surface area (Å²) in [4.78, 5) is 35.6. The summed E-state index contributed by atoms with van der Waals surface area (Å²) >= 11 is 3.30. The molecule has 0 spiro atoms. The summed E-state index contributed by atoms with van der Waals surface area (Å²) in [6.07, 6.45) is 7.33. The minimum absolute atomic E-state index is 0.